The van der Waals surface area contributed by atoms with Crippen molar-refractivity contribution in [2.75, 3.05) is 6.54 Å². The minimum atomic E-state index is -1.27. The van der Waals surface area contributed by atoms with Crippen LogP contribution in [0, 0.1) is 5.92 Å². The van der Waals surface area contributed by atoms with E-state index < -0.39 is 60.2 Å². The molecule has 1 heterocycles. The van der Waals surface area contributed by atoms with Crippen molar-refractivity contribution in [3.8, 4) is 0 Å². The normalized spacial score (nSPS) is 19.3. The zero-order valence-corrected chi connectivity index (χ0v) is 18.3. The van der Waals surface area contributed by atoms with E-state index in [0.717, 1.165) is 0 Å². The van der Waals surface area contributed by atoms with Crippen LogP contribution in [0.15, 0.2) is 0 Å². The molecule has 32 heavy (non-hydrogen) atoms. The summed E-state index contributed by atoms with van der Waals surface area (Å²) in [5.74, 6) is -4.49. The molecule has 12 nitrogen and oxygen atoms in total. The molecule has 0 saturated carbocycles. The van der Waals surface area contributed by atoms with Crippen LogP contribution >= 0.6 is 0 Å². The van der Waals surface area contributed by atoms with Gasteiger partial charge in [0.05, 0.1) is 18.5 Å². The summed E-state index contributed by atoms with van der Waals surface area (Å²) in [4.78, 5) is 72.3. The van der Waals surface area contributed by atoms with Crippen LogP contribution in [0.2, 0.25) is 0 Å². The van der Waals surface area contributed by atoms with Gasteiger partial charge in [-0.15, -0.1) is 0 Å². The third-order valence-corrected chi connectivity index (χ3v) is 5.55. The first-order chi connectivity index (χ1) is 15.0. The van der Waals surface area contributed by atoms with E-state index in [9.17, 15) is 28.8 Å². The minimum Gasteiger partial charge on any atom is -0.481 e. The van der Waals surface area contributed by atoms with Crippen LogP contribution < -0.4 is 16.4 Å². The number of hydrogen-bond acceptors (Lipinski definition) is 7. The van der Waals surface area contributed by atoms with Crippen molar-refractivity contribution in [2.24, 2.45) is 11.7 Å². The summed E-state index contributed by atoms with van der Waals surface area (Å²) < 4.78 is 0. The van der Waals surface area contributed by atoms with E-state index >= 15 is 0 Å². The highest BCUT2D eigenvalue weighted by Crippen LogP contribution is 2.20. The Kier molecular flexibility index (Phi) is 10.8. The molecule has 180 valence electrons. The van der Waals surface area contributed by atoms with Crippen molar-refractivity contribution in [3.05, 3.63) is 0 Å². The molecule has 1 saturated heterocycles. The molecule has 1 aliphatic heterocycles. The molecule has 0 radical (unpaired) electrons. The summed E-state index contributed by atoms with van der Waals surface area (Å²) in [6.45, 7) is 3.83. The van der Waals surface area contributed by atoms with Crippen molar-refractivity contribution < 1.29 is 39.0 Å². The van der Waals surface area contributed by atoms with Crippen LogP contribution in [0.25, 0.3) is 0 Å². The average Bonchev–Trinajstić information content (AvgIpc) is 3.23. The van der Waals surface area contributed by atoms with E-state index in [1.54, 1.807) is 6.92 Å². The number of amides is 3. The van der Waals surface area contributed by atoms with Crippen LogP contribution in [0.5, 0.6) is 0 Å². The number of nitrogens with two attached hydrogens (primary N) is 1. The van der Waals surface area contributed by atoms with Gasteiger partial charge in [-0.2, -0.15) is 0 Å². The third kappa shape index (κ3) is 7.91. The summed E-state index contributed by atoms with van der Waals surface area (Å²) in [6.07, 6.45) is 0.521. The smallest absolute Gasteiger partial charge is 0.305 e. The molecule has 1 rings (SSSR count). The molecule has 0 aromatic heterocycles. The number of carboxylic acids is 2. The van der Waals surface area contributed by atoms with Gasteiger partial charge in [0, 0.05) is 13.0 Å². The molecule has 0 unspecified atom stereocenters. The standard InChI is InChI=1S/C20H32N4O8/c1-3-11(2)17(21)19(31)23-13(6-7-15(26)27)20(32)24-8-4-5-14(24)18(30)22-12(10-25)9-16(28)29/h10-14,17H,3-9,21H2,1-2H3,(H,22,30)(H,23,31)(H,26,27)(H,28,29)/t11-,12-,13-,14-,17-/m0/s1. The first-order valence-electron chi connectivity index (χ1n) is 10.6. The van der Waals surface area contributed by atoms with Gasteiger partial charge in [0.1, 0.15) is 18.4 Å². The third-order valence-electron chi connectivity index (χ3n) is 5.55. The van der Waals surface area contributed by atoms with Gasteiger partial charge in [-0.05, 0) is 25.2 Å². The van der Waals surface area contributed by atoms with Crippen molar-refractivity contribution in [2.45, 2.75) is 76.5 Å². The molecule has 0 aliphatic carbocycles. The second-order valence-electron chi connectivity index (χ2n) is 7.94. The largest absolute Gasteiger partial charge is 0.481 e. The van der Waals surface area contributed by atoms with Gasteiger partial charge < -0.3 is 36.3 Å². The van der Waals surface area contributed by atoms with Crippen LogP contribution in [-0.4, -0.2) is 81.8 Å². The van der Waals surface area contributed by atoms with E-state index in [0.29, 0.717) is 19.1 Å². The summed E-state index contributed by atoms with van der Waals surface area (Å²) >= 11 is 0. The molecule has 0 aromatic carbocycles. The fraction of sp³-hybridized carbons (Fsp3) is 0.700. The Morgan fingerprint density at radius 3 is 2.34 bits per heavy atom. The molecule has 6 N–H and O–H groups in total. The monoisotopic (exact) mass is 456 g/mol. The van der Waals surface area contributed by atoms with Crippen LogP contribution in [0.1, 0.15) is 52.4 Å². The summed E-state index contributed by atoms with van der Waals surface area (Å²) in [6, 6.07) is -4.29. The number of aldehydes is 1. The number of carboxylic acid groups (broad SMARTS) is 2. The van der Waals surface area contributed by atoms with Gasteiger partial charge in [-0.1, -0.05) is 20.3 Å². The lowest BCUT2D eigenvalue weighted by molar-refractivity contribution is -0.144. The number of rotatable bonds is 13. The van der Waals surface area contributed by atoms with E-state index in [1.807, 2.05) is 6.92 Å². The Bertz CT molecular complexity index is 728. The Labute approximate surface area is 185 Å². The fourth-order valence-electron chi connectivity index (χ4n) is 3.41. The number of hydrogen-bond donors (Lipinski definition) is 5. The highest BCUT2D eigenvalue weighted by Gasteiger charge is 2.39. The van der Waals surface area contributed by atoms with Crippen molar-refractivity contribution in [3.63, 3.8) is 0 Å². The minimum absolute atomic E-state index is 0.162. The van der Waals surface area contributed by atoms with Gasteiger partial charge in [0.15, 0.2) is 0 Å². The molecular weight excluding hydrogens is 424 g/mol. The highest BCUT2D eigenvalue weighted by molar-refractivity contribution is 5.94. The maximum Gasteiger partial charge on any atom is 0.305 e. The lowest BCUT2D eigenvalue weighted by atomic mass is 9.98. The predicted octanol–water partition coefficient (Wildman–Crippen LogP) is -1.14. The predicted molar refractivity (Wildman–Crippen MR) is 111 cm³/mol. The number of likely N-dealkylation sites (tertiary alicyclic amines) is 1. The van der Waals surface area contributed by atoms with E-state index in [4.69, 9.17) is 15.9 Å². The topological polar surface area (TPSA) is 196 Å². The van der Waals surface area contributed by atoms with Crippen molar-refractivity contribution in [1.29, 1.82) is 0 Å². The Morgan fingerprint density at radius 1 is 1.16 bits per heavy atom. The summed E-state index contributed by atoms with van der Waals surface area (Å²) in [5.41, 5.74) is 5.92. The molecule has 5 atom stereocenters. The Balaban J connectivity index is 2.96. The maximum absolute atomic E-state index is 13.1. The first-order valence-corrected chi connectivity index (χ1v) is 10.6. The molecule has 1 fully saturated rings. The molecular formula is C20H32N4O8. The molecule has 0 spiro atoms. The average molecular weight is 456 g/mol. The first kappa shape index (κ1) is 27.0. The summed E-state index contributed by atoms with van der Waals surface area (Å²) in [5, 5.41) is 22.7. The van der Waals surface area contributed by atoms with Gasteiger partial charge in [0.2, 0.25) is 17.7 Å². The quantitative estimate of drug-likeness (QED) is 0.213. The number of carbonyl (C=O) groups excluding carboxylic acids is 4. The Morgan fingerprint density at radius 2 is 1.81 bits per heavy atom. The SMILES string of the molecule is CC[C@H](C)[C@H](N)C(=O)N[C@@H](CCC(=O)O)C(=O)N1CCC[C@H]1C(=O)N[C@H](C=O)CC(=O)O. The highest BCUT2D eigenvalue weighted by atomic mass is 16.4. The van der Waals surface area contributed by atoms with Crippen molar-refractivity contribution >= 4 is 35.9 Å². The number of nitrogens with one attached hydrogen (secondary N) is 2. The lowest BCUT2D eigenvalue weighted by Gasteiger charge is -2.30. The molecule has 12 heteroatoms. The van der Waals surface area contributed by atoms with Crippen LogP contribution in [0.3, 0.4) is 0 Å². The van der Waals surface area contributed by atoms with Gasteiger partial charge >= 0.3 is 11.9 Å². The molecule has 1 aliphatic rings. The fourth-order valence-corrected chi connectivity index (χ4v) is 3.41. The van der Waals surface area contributed by atoms with Crippen LogP contribution in [-0.2, 0) is 28.8 Å². The van der Waals surface area contributed by atoms with Gasteiger partial charge in [-0.25, -0.2) is 0 Å². The molecule has 0 aromatic rings. The van der Waals surface area contributed by atoms with E-state index in [-0.39, 0.29) is 31.7 Å². The second-order valence-corrected chi connectivity index (χ2v) is 7.94. The molecule has 0 bridgehead atoms. The number of carbonyl (C=O) groups is 6. The zero-order valence-electron chi connectivity index (χ0n) is 18.3. The Hall–Kier alpha value is -3.02. The van der Waals surface area contributed by atoms with E-state index in [2.05, 4.69) is 10.6 Å². The summed E-state index contributed by atoms with van der Waals surface area (Å²) in [7, 11) is 0. The van der Waals surface area contributed by atoms with Gasteiger partial charge in [-0.3, -0.25) is 24.0 Å². The van der Waals surface area contributed by atoms with Gasteiger partial charge in [0.25, 0.3) is 0 Å². The van der Waals surface area contributed by atoms with Crippen LogP contribution in [0.4, 0.5) is 0 Å². The van der Waals surface area contributed by atoms with Crippen molar-refractivity contribution in [1.82, 2.24) is 15.5 Å². The zero-order chi connectivity index (χ0) is 24.4. The second kappa shape index (κ2) is 12.7. The lowest BCUT2D eigenvalue weighted by Crippen LogP contribution is -2.57. The number of nitrogens with zero attached hydrogens (tertiary/aromatic N) is 1. The number of aliphatic carboxylic acids is 2. The maximum atomic E-state index is 13.1. The van der Waals surface area contributed by atoms with E-state index in [1.165, 1.54) is 4.90 Å². The molecule has 3 amide bonds.